The van der Waals surface area contributed by atoms with Gasteiger partial charge in [-0.25, -0.2) is 9.97 Å². The molecule has 0 amide bonds. The van der Waals surface area contributed by atoms with Crippen LogP contribution in [0.2, 0.25) is 0 Å². The molecule has 132 valence electrons. The average molecular weight is 351 g/mol. The summed E-state index contributed by atoms with van der Waals surface area (Å²) in [6, 6.07) is 8.43. The van der Waals surface area contributed by atoms with Crippen LogP contribution < -0.4 is 4.74 Å². The van der Waals surface area contributed by atoms with Crippen molar-refractivity contribution < 1.29 is 23.0 Å². The van der Waals surface area contributed by atoms with E-state index in [0.29, 0.717) is 17.8 Å². The monoisotopic (exact) mass is 351 g/mol. The Bertz CT molecular complexity index is 898. The molecule has 3 rings (SSSR count). The average Bonchev–Trinajstić information content (AvgIpc) is 2.87. The maximum absolute atomic E-state index is 12.7. The second-order valence-corrected chi connectivity index (χ2v) is 6.30. The summed E-state index contributed by atoms with van der Waals surface area (Å²) in [6.07, 6.45) is -2.94. The lowest BCUT2D eigenvalue weighted by Crippen LogP contribution is -2.25. The predicted molar refractivity (Wildman–Crippen MR) is 85.3 cm³/mol. The summed E-state index contributed by atoms with van der Waals surface area (Å²) in [6.45, 7) is 3.74. The van der Waals surface area contributed by atoms with E-state index in [1.54, 1.807) is 42.9 Å². The van der Waals surface area contributed by atoms with Crippen LogP contribution in [0.15, 0.2) is 42.7 Å². The quantitative estimate of drug-likeness (QED) is 0.771. The molecule has 0 aliphatic heterocycles. The first-order valence-electron chi connectivity index (χ1n) is 7.51. The normalized spacial score (nSPS) is 12.6. The maximum Gasteiger partial charge on any atom is 0.433 e. The van der Waals surface area contributed by atoms with E-state index < -0.39 is 17.5 Å². The smallest absolute Gasteiger partial charge is 0.433 e. The summed E-state index contributed by atoms with van der Waals surface area (Å²) in [7, 11) is 0. The van der Waals surface area contributed by atoms with Gasteiger partial charge in [0.1, 0.15) is 11.4 Å². The van der Waals surface area contributed by atoms with Crippen LogP contribution in [0, 0.1) is 0 Å². The lowest BCUT2D eigenvalue weighted by molar-refractivity contribution is -0.141. The molecule has 2 heterocycles. The van der Waals surface area contributed by atoms with Crippen LogP contribution in [0.5, 0.6) is 11.6 Å². The first-order chi connectivity index (χ1) is 11.6. The molecule has 3 aromatic rings. The van der Waals surface area contributed by atoms with E-state index in [4.69, 9.17) is 4.74 Å². The highest BCUT2D eigenvalue weighted by molar-refractivity contribution is 5.77. The van der Waals surface area contributed by atoms with E-state index in [0.717, 1.165) is 11.6 Å². The van der Waals surface area contributed by atoms with Gasteiger partial charge in [0, 0.05) is 12.1 Å². The molecule has 0 unspecified atom stereocenters. The molecule has 0 saturated carbocycles. The van der Waals surface area contributed by atoms with Crippen molar-refractivity contribution in [2.24, 2.45) is 0 Å². The van der Waals surface area contributed by atoms with E-state index in [1.165, 1.54) is 12.1 Å². The number of fused-ring (bicyclic) bond motifs is 1. The van der Waals surface area contributed by atoms with Crippen LogP contribution in [0.4, 0.5) is 13.2 Å². The van der Waals surface area contributed by atoms with Crippen LogP contribution in [-0.2, 0) is 12.7 Å². The minimum atomic E-state index is -4.53. The Morgan fingerprint density at radius 1 is 1.16 bits per heavy atom. The molecule has 1 N–H and O–H groups in total. The van der Waals surface area contributed by atoms with E-state index in [1.807, 2.05) is 0 Å². The second kappa shape index (κ2) is 6.03. The number of halogens is 3. The molecule has 0 spiro atoms. The Morgan fingerprint density at radius 3 is 2.60 bits per heavy atom. The van der Waals surface area contributed by atoms with Gasteiger partial charge in [-0.15, -0.1) is 0 Å². The molecule has 0 aliphatic carbocycles. The van der Waals surface area contributed by atoms with Crippen molar-refractivity contribution in [1.82, 2.24) is 14.5 Å². The van der Waals surface area contributed by atoms with Gasteiger partial charge in [0.25, 0.3) is 0 Å². The highest BCUT2D eigenvalue weighted by Crippen LogP contribution is 2.30. The van der Waals surface area contributed by atoms with Gasteiger partial charge in [0.05, 0.1) is 29.5 Å². The fourth-order valence-corrected chi connectivity index (χ4v) is 2.40. The van der Waals surface area contributed by atoms with Gasteiger partial charge < -0.3 is 14.4 Å². The molecular formula is C17H16F3N3O2. The molecular weight excluding hydrogens is 335 g/mol. The lowest BCUT2D eigenvalue weighted by Gasteiger charge is -2.18. The third kappa shape index (κ3) is 4.08. The number of nitrogens with zero attached hydrogens (tertiary/aromatic N) is 3. The molecule has 0 aliphatic rings. The third-order valence-electron chi connectivity index (χ3n) is 3.39. The van der Waals surface area contributed by atoms with Crippen LogP contribution in [0.1, 0.15) is 19.5 Å². The van der Waals surface area contributed by atoms with Crippen LogP contribution in [0.3, 0.4) is 0 Å². The van der Waals surface area contributed by atoms with Gasteiger partial charge in [0.2, 0.25) is 5.88 Å². The Hall–Kier alpha value is -2.61. The highest BCUT2D eigenvalue weighted by Gasteiger charge is 2.32. The molecule has 0 atom stereocenters. The number of alkyl halides is 3. The predicted octanol–water partition coefficient (Wildman–Crippen LogP) is 4.01. The first kappa shape index (κ1) is 17.2. The lowest BCUT2D eigenvalue weighted by atomic mass is 10.1. The summed E-state index contributed by atoms with van der Waals surface area (Å²) in [4.78, 5) is 7.70. The van der Waals surface area contributed by atoms with E-state index >= 15 is 0 Å². The van der Waals surface area contributed by atoms with Crippen LogP contribution >= 0.6 is 0 Å². The fourth-order valence-electron chi connectivity index (χ4n) is 2.40. The summed E-state index contributed by atoms with van der Waals surface area (Å²) < 4.78 is 45.3. The molecule has 25 heavy (non-hydrogen) atoms. The van der Waals surface area contributed by atoms with Gasteiger partial charge >= 0.3 is 6.18 Å². The molecule has 1 aromatic carbocycles. The van der Waals surface area contributed by atoms with Crippen molar-refractivity contribution in [1.29, 1.82) is 0 Å². The minimum absolute atomic E-state index is 0.148. The Labute approximate surface area is 141 Å². The number of aromatic nitrogens is 3. The number of hydrogen-bond acceptors (Lipinski definition) is 4. The zero-order chi connectivity index (χ0) is 18.2. The highest BCUT2D eigenvalue weighted by atomic mass is 19.4. The van der Waals surface area contributed by atoms with E-state index in [2.05, 4.69) is 9.97 Å². The molecule has 5 nitrogen and oxygen atoms in total. The van der Waals surface area contributed by atoms with Crippen LogP contribution in [0.25, 0.3) is 11.0 Å². The van der Waals surface area contributed by atoms with Crippen molar-refractivity contribution >= 4 is 11.0 Å². The van der Waals surface area contributed by atoms with Gasteiger partial charge in [0.15, 0.2) is 0 Å². The number of ether oxygens (including phenoxy) is 1. The number of benzene rings is 1. The topological polar surface area (TPSA) is 60.2 Å². The number of aliphatic hydroxyl groups is 1. The van der Waals surface area contributed by atoms with Gasteiger partial charge in [-0.2, -0.15) is 13.2 Å². The second-order valence-electron chi connectivity index (χ2n) is 6.30. The Morgan fingerprint density at radius 2 is 1.92 bits per heavy atom. The molecule has 0 saturated heterocycles. The van der Waals surface area contributed by atoms with Gasteiger partial charge in [-0.05, 0) is 32.0 Å². The van der Waals surface area contributed by atoms with Crippen molar-refractivity contribution in [2.45, 2.75) is 32.2 Å². The van der Waals surface area contributed by atoms with Crippen molar-refractivity contribution in [2.75, 3.05) is 0 Å². The van der Waals surface area contributed by atoms with Crippen molar-refractivity contribution in [3.63, 3.8) is 0 Å². The summed E-state index contributed by atoms with van der Waals surface area (Å²) in [5.41, 5.74) is -0.522. The summed E-state index contributed by atoms with van der Waals surface area (Å²) >= 11 is 0. The number of rotatable bonds is 4. The van der Waals surface area contributed by atoms with Gasteiger partial charge in [-0.1, -0.05) is 6.07 Å². The SMILES string of the molecule is CC(C)(O)Cn1cnc2cc(Oc3cccc(C(F)(F)F)n3)ccc21. The molecule has 2 aromatic heterocycles. The number of hydrogen-bond donors (Lipinski definition) is 1. The number of imidazole rings is 1. The molecule has 0 fully saturated rings. The van der Waals surface area contributed by atoms with Crippen molar-refractivity contribution in [3.8, 4) is 11.6 Å². The number of pyridine rings is 1. The van der Waals surface area contributed by atoms with E-state index in [9.17, 15) is 18.3 Å². The maximum atomic E-state index is 12.7. The Kier molecular flexibility index (Phi) is 4.16. The summed E-state index contributed by atoms with van der Waals surface area (Å²) in [5.74, 6) is 0.179. The van der Waals surface area contributed by atoms with Gasteiger partial charge in [-0.3, -0.25) is 0 Å². The third-order valence-corrected chi connectivity index (χ3v) is 3.39. The first-order valence-corrected chi connectivity index (χ1v) is 7.51. The van der Waals surface area contributed by atoms with Crippen LogP contribution in [-0.4, -0.2) is 25.2 Å². The fraction of sp³-hybridized carbons (Fsp3) is 0.294. The van der Waals surface area contributed by atoms with Crippen molar-refractivity contribution in [3.05, 3.63) is 48.4 Å². The molecule has 8 heteroatoms. The largest absolute Gasteiger partial charge is 0.439 e. The zero-order valence-corrected chi connectivity index (χ0v) is 13.6. The minimum Gasteiger partial charge on any atom is -0.439 e. The standard InChI is InChI=1S/C17H16F3N3O2/c1-16(2,24)9-23-10-21-12-8-11(6-7-13(12)23)25-15-5-3-4-14(22-15)17(18,19)20/h3-8,10,24H,9H2,1-2H3. The summed E-state index contributed by atoms with van der Waals surface area (Å²) in [5, 5.41) is 9.92. The molecule has 0 radical (unpaired) electrons. The Balaban J connectivity index is 1.86. The van der Waals surface area contributed by atoms with E-state index in [-0.39, 0.29) is 5.88 Å². The molecule has 0 bridgehead atoms. The zero-order valence-electron chi connectivity index (χ0n) is 13.6.